The SMILES string of the molecule is Cc1ccc(C(CNC(=O)c2cccc(-n3nnnc3C)c2)N2CCOCC2)cc1. The van der Waals surface area contributed by atoms with Gasteiger partial charge in [-0.05, 0) is 48.0 Å². The van der Waals surface area contributed by atoms with Crippen LogP contribution in [0.25, 0.3) is 5.69 Å². The number of nitrogens with one attached hydrogen (secondary N) is 1. The monoisotopic (exact) mass is 406 g/mol. The van der Waals surface area contributed by atoms with Gasteiger partial charge < -0.3 is 10.1 Å². The lowest BCUT2D eigenvalue weighted by Gasteiger charge is -2.35. The maximum absolute atomic E-state index is 12.9. The molecule has 0 saturated carbocycles. The number of aromatic nitrogens is 4. The summed E-state index contributed by atoms with van der Waals surface area (Å²) in [4.78, 5) is 15.3. The third-order valence-corrected chi connectivity index (χ3v) is 5.38. The second kappa shape index (κ2) is 9.15. The fraction of sp³-hybridized carbons (Fsp3) is 0.364. The number of carbonyl (C=O) groups is 1. The lowest BCUT2D eigenvalue weighted by atomic mass is 10.0. The van der Waals surface area contributed by atoms with Crippen molar-refractivity contribution in [3.63, 3.8) is 0 Å². The fourth-order valence-corrected chi connectivity index (χ4v) is 3.68. The molecule has 1 atom stereocenters. The molecule has 4 rings (SSSR count). The van der Waals surface area contributed by atoms with Gasteiger partial charge in [-0.25, -0.2) is 0 Å². The Balaban J connectivity index is 1.50. The molecule has 2 aromatic carbocycles. The van der Waals surface area contributed by atoms with E-state index in [2.05, 4.69) is 56.9 Å². The van der Waals surface area contributed by atoms with Crippen LogP contribution in [0.5, 0.6) is 0 Å². The van der Waals surface area contributed by atoms with Crippen molar-refractivity contribution >= 4 is 5.91 Å². The molecule has 1 fully saturated rings. The van der Waals surface area contributed by atoms with Crippen LogP contribution in [-0.2, 0) is 4.74 Å². The van der Waals surface area contributed by atoms with Gasteiger partial charge in [0.1, 0.15) is 0 Å². The van der Waals surface area contributed by atoms with Crippen LogP contribution in [0.1, 0.15) is 33.4 Å². The van der Waals surface area contributed by atoms with Crippen LogP contribution in [-0.4, -0.2) is 63.9 Å². The largest absolute Gasteiger partial charge is 0.379 e. The first-order valence-electron chi connectivity index (χ1n) is 10.1. The number of tetrazole rings is 1. The normalized spacial score (nSPS) is 15.7. The van der Waals surface area contributed by atoms with Crippen molar-refractivity contribution in [2.45, 2.75) is 19.9 Å². The number of hydrogen-bond acceptors (Lipinski definition) is 6. The van der Waals surface area contributed by atoms with Gasteiger partial charge in [0.15, 0.2) is 5.82 Å². The zero-order valence-electron chi connectivity index (χ0n) is 17.3. The van der Waals surface area contributed by atoms with Crippen molar-refractivity contribution < 1.29 is 9.53 Å². The predicted octanol–water partition coefficient (Wildman–Crippen LogP) is 2.08. The Kier molecular flexibility index (Phi) is 6.15. The van der Waals surface area contributed by atoms with Crippen molar-refractivity contribution in [1.82, 2.24) is 30.4 Å². The zero-order chi connectivity index (χ0) is 20.9. The van der Waals surface area contributed by atoms with Gasteiger partial charge >= 0.3 is 0 Å². The summed E-state index contributed by atoms with van der Waals surface area (Å²) in [7, 11) is 0. The van der Waals surface area contributed by atoms with Gasteiger partial charge in [-0.2, -0.15) is 4.68 Å². The molecule has 8 heteroatoms. The van der Waals surface area contributed by atoms with Crippen molar-refractivity contribution in [3.8, 4) is 5.69 Å². The molecule has 0 aliphatic carbocycles. The van der Waals surface area contributed by atoms with E-state index in [9.17, 15) is 4.79 Å². The zero-order valence-corrected chi connectivity index (χ0v) is 17.3. The molecule has 1 aromatic heterocycles. The molecular weight excluding hydrogens is 380 g/mol. The highest BCUT2D eigenvalue weighted by Crippen LogP contribution is 2.22. The molecule has 1 N–H and O–H groups in total. The second-order valence-corrected chi connectivity index (χ2v) is 7.47. The van der Waals surface area contributed by atoms with Gasteiger partial charge in [-0.15, -0.1) is 5.10 Å². The van der Waals surface area contributed by atoms with Crippen molar-refractivity contribution in [2.75, 3.05) is 32.8 Å². The average molecular weight is 406 g/mol. The van der Waals surface area contributed by atoms with Crippen LogP contribution in [0, 0.1) is 13.8 Å². The van der Waals surface area contributed by atoms with E-state index >= 15 is 0 Å². The third kappa shape index (κ3) is 4.55. The smallest absolute Gasteiger partial charge is 0.251 e. The third-order valence-electron chi connectivity index (χ3n) is 5.38. The minimum absolute atomic E-state index is 0.100. The van der Waals surface area contributed by atoms with Crippen molar-refractivity contribution in [3.05, 3.63) is 71.0 Å². The Bertz CT molecular complexity index is 995. The molecule has 1 aliphatic rings. The first-order chi connectivity index (χ1) is 14.6. The summed E-state index contributed by atoms with van der Waals surface area (Å²) in [5, 5.41) is 14.7. The van der Waals surface area contributed by atoms with E-state index in [1.165, 1.54) is 11.1 Å². The predicted molar refractivity (Wildman–Crippen MR) is 113 cm³/mol. The van der Waals surface area contributed by atoms with E-state index in [0.29, 0.717) is 31.1 Å². The number of nitrogens with zero attached hydrogens (tertiary/aromatic N) is 5. The molecule has 0 bridgehead atoms. The minimum Gasteiger partial charge on any atom is -0.379 e. The summed E-state index contributed by atoms with van der Waals surface area (Å²) < 4.78 is 7.12. The van der Waals surface area contributed by atoms with E-state index in [1.807, 2.05) is 19.1 Å². The Hall–Kier alpha value is -3.10. The van der Waals surface area contributed by atoms with E-state index in [-0.39, 0.29) is 11.9 Å². The molecule has 1 amide bonds. The summed E-state index contributed by atoms with van der Waals surface area (Å²) >= 11 is 0. The maximum Gasteiger partial charge on any atom is 0.251 e. The highest BCUT2D eigenvalue weighted by molar-refractivity contribution is 5.94. The minimum atomic E-state index is -0.118. The van der Waals surface area contributed by atoms with E-state index in [0.717, 1.165) is 18.8 Å². The molecule has 0 spiro atoms. The van der Waals surface area contributed by atoms with Crippen molar-refractivity contribution in [1.29, 1.82) is 0 Å². The number of morpholine rings is 1. The molecule has 8 nitrogen and oxygen atoms in total. The van der Waals surface area contributed by atoms with Gasteiger partial charge in [0.05, 0.1) is 24.9 Å². The molecule has 1 saturated heterocycles. The Labute approximate surface area is 175 Å². The van der Waals surface area contributed by atoms with Gasteiger partial charge in [0.25, 0.3) is 5.91 Å². The number of ether oxygens (including phenoxy) is 1. The molecule has 30 heavy (non-hydrogen) atoms. The Morgan fingerprint density at radius 1 is 1.13 bits per heavy atom. The molecule has 2 heterocycles. The van der Waals surface area contributed by atoms with Gasteiger partial charge in [-0.3, -0.25) is 9.69 Å². The summed E-state index contributed by atoms with van der Waals surface area (Å²) in [6, 6.07) is 15.9. The molecule has 1 aliphatic heterocycles. The van der Waals surface area contributed by atoms with Gasteiger partial charge in [0.2, 0.25) is 0 Å². The van der Waals surface area contributed by atoms with Crippen LogP contribution in [0.4, 0.5) is 0 Å². The first-order valence-corrected chi connectivity index (χ1v) is 10.1. The Morgan fingerprint density at radius 2 is 1.90 bits per heavy atom. The maximum atomic E-state index is 12.9. The summed E-state index contributed by atoms with van der Waals surface area (Å²) in [6.07, 6.45) is 0. The van der Waals surface area contributed by atoms with Crippen LogP contribution in [0.3, 0.4) is 0 Å². The molecule has 1 unspecified atom stereocenters. The van der Waals surface area contributed by atoms with Gasteiger partial charge in [0, 0.05) is 25.2 Å². The van der Waals surface area contributed by atoms with Gasteiger partial charge in [-0.1, -0.05) is 35.9 Å². The van der Waals surface area contributed by atoms with Crippen LogP contribution in [0.2, 0.25) is 0 Å². The summed E-state index contributed by atoms with van der Waals surface area (Å²) in [5.74, 6) is 0.548. The molecule has 3 aromatic rings. The number of rotatable bonds is 6. The highest BCUT2D eigenvalue weighted by atomic mass is 16.5. The fourth-order valence-electron chi connectivity index (χ4n) is 3.68. The van der Waals surface area contributed by atoms with E-state index in [1.54, 1.807) is 16.8 Å². The standard InChI is InChI=1S/C22H26N6O2/c1-16-6-8-18(9-7-16)21(27-10-12-30-13-11-27)15-23-22(29)19-4-3-5-20(14-19)28-17(2)24-25-26-28/h3-9,14,21H,10-13,15H2,1-2H3,(H,23,29). The van der Waals surface area contributed by atoms with E-state index < -0.39 is 0 Å². The average Bonchev–Trinajstić information content (AvgIpc) is 3.21. The van der Waals surface area contributed by atoms with Crippen molar-refractivity contribution in [2.24, 2.45) is 0 Å². The number of carbonyl (C=O) groups excluding carboxylic acids is 1. The first kappa shape index (κ1) is 20.2. The summed E-state index contributed by atoms with van der Waals surface area (Å²) in [5.41, 5.74) is 3.75. The summed E-state index contributed by atoms with van der Waals surface area (Å²) in [6.45, 7) is 7.55. The lowest BCUT2D eigenvalue weighted by molar-refractivity contribution is 0.0162. The van der Waals surface area contributed by atoms with E-state index in [4.69, 9.17) is 4.74 Å². The van der Waals surface area contributed by atoms with Crippen LogP contribution in [0.15, 0.2) is 48.5 Å². The number of benzene rings is 2. The van der Waals surface area contributed by atoms with Crippen LogP contribution >= 0.6 is 0 Å². The highest BCUT2D eigenvalue weighted by Gasteiger charge is 2.23. The molecule has 0 radical (unpaired) electrons. The molecular formula is C22H26N6O2. The lowest BCUT2D eigenvalue weighted by Crippen LogP contribution is -2.43. The number of amides is 1. The van der Waals surface area contributed by atoms with Crippen LogP contribution < -0.4 is 5.32 Å². The molecule has 156 valence electrons. The topological polar surface area (TPSA) is 85.2 Å². The second-order valence-electron chi connectivity index (χ2n) is 7.47. The quantitative estimate of drug-likeness (QED) is 0.675. The number of hydrogen-bond donors (Lipinski definition) is 1. The number of aryl methyl sites for hydroxylation is 2. The Morgan fingerprint density at radius 3 is 2.60 bits per heavy atom.